The summed E-state index contributed by atoms with van der Waals surface area (Å²) in [6.07, 6.45) is 1.34. The summed E-state index contributed by atoms with van der Waals surface area (Å²) in [5, 5.41) is 11.4. The van der Waals surface area contributed by atoms with E-state index >= 15 is 0 Å². The van der Waals surface area contributed by atoms with Crippen LogP contribution in [0.3, 0.4) is 0 Å². The quantitative estimate of drug-likeness (QED) is 0.738. The van der Waals surface area contributed by atoms with Crippen molar-refractivity contribution in [2.24, 2.45) is 0 Å². The second kappa shape index (κ2) is 6.00. The van der Waals surface area contributed by atoms with Crippen molar-refractivity contribution in [1.82, 2.24) is 10.3 Å². The van der Waals surface area contributed by atoms with Crippen LogP contribution in [0.1, 0.15) is 26.4 Å². The lowest BCUT2D eigenvalue weighted by Crippen LogP contribution is -2.23. The highest BCUT2D eigenvalue weighted by atomic mass is 19.1. The van der Waals surface area contributed by atoms with E-state index in [1.165, 1.54) is 30.5 Å². The number of benzene rings is 1. The van der Waals surface area contributed by atoms with Crippen LogP contribution in [0.15, 0.2) is 36.5 Å². The number of hydrogen-bond donors (Lipinski definition) is 3. The van der Waals surface area contributed by atoms with Crippen molar-refractivity contribution in [2.75, 3.05) is 5.73 Å². The molecule has 0 saturated carbocycles. The minimum atomic E-state index is -1.08. The molecule has 1 aromatic carbocycles. The van der Waals surface area contributed by atoms with Gasteiger partial charge in [-0.1, -0.05) is 0 Å². The Labute approximate surface area is 119 Å². The number of rotatable bonds is 4. The molecular formula is C14H12FN3O3. The maximum absolute atomic E-state index is 13.3. The Kier molecular flexibility index (Phi) is 4.13. The first-order valence-corrected chi connectivity index (χ1v) is 5.99. The topological polar surface area (TPSA) is 105 Å². The SMILES string of the molecule is Nc1ccc(C(=O)NCc2cc(C(=O)O)ccn2)cc1F. The third-order valence-electron chi connectivity index (χ3n) is 2.76. The minimum absolute atomic E-state index is 0.0337. The number of carbonyl (C=O) groups is 2. The van der Waals surface area contributed by atoms with Crippen molar-refractivity contribution >= 4 is 17.6 Å². The van der Waals surface area contributed by atoms with Gasteiger partial charge in [0, 0.05) is 11.8 Å². The van der Waals surface area contributed by atoms with Gasteiger partial charge in [-0.25, -0.2) is 9.18 Å². The maximum Gasteiger partial charge on any atom is 0.335 e. The molecule has 0 spiro atoms. The Hall–Kier alpha value is -2.96. The number of carboxylic acids is 1. The average molecular weight is 289 g/mol. The van der Waals surface area contributed by atoms with Gasteiger partial charge in [0.15, 0.2) is 0 Å². The molecule has 0 fully saturated rings. The number of aromatic carboxylic acids is 1. The van der Waals surface area contributed by atoms with Gasteiger partial charge in [-0.3, -0.25) is 9.78 Å². The smallest absolute Gasteiger partial charge is 0.335 e. The Balaban J connectivity index is 2.05. The number of hydrogen-bond acceptors (Lipinski definition) is 4. The first-order valence-electron chi connectivity index (χ1n) is 5.99. The summed E-state index contributed by atoms with van der Waals surface area (Å²) < 4.78 is 13.3. The van der Waals surface area contributed by atoms with Crippen molar-refractivity contribution in [3.8, 4) is 0 Å². The highest BCUT2D eigenvalue weighted by molar-refractivity contribution is 5.94. The van der Waals surface area contributed by atoms with E-state index in [1.807, 2.05) is 0 Å². The number of anilines is 1. The van der Waals surface area contributed by atoms with Crippen molar-refractivity contribution in [3.05, 3.63) is 59.2 Å². The molecule has 0 aliphatic rings. The third kappa shape index (κ3) is 3.53. The van der Waals surface area contributed by atoms with E-state index in [0.717, 1.165) is 6.07 Å². The second-order valence-corrected chi connectivity index (χ2v) is 4.26. The molecular weight excluding hydrogens is 277 g/mol. The molecule has 0 aliphatic carbocycles. The molecule has 0 aliphatic heterocycles. The molecule has 0 saturated heterocycles. The Bertz CT molecular complexity index is 704. The van der Waals surface area contributed by atoms with Gasteiger partial charge in [0.2, 0.25) is 0 Å². The van der Waals surface area contributed by atoms with Crippen molar-refractivity contribution in [2.45, 2.75) is 6.54 Å². The van der Waals surface area contributed by atoms with Crippen LogP contribution in [0.2, 0.25) is 0 Å². The molecule has 2 rings (SSSR count). The van der Waals surface area contributed by atoms with E-state index < -0.39 is 17.7 Å². The Morgan fingerprint density at radius 3 is 2.67 bits per heavy atom. The van der Waals surface area contributed by atoms with E-state index in [2.05, 4.69) is 10.3 Å². The standard InChI is InChI=1S/C14H12FN3O3/c15-11-6-8(1-2-12(11)16)13(19)18-7-10-5-9(14(20)21)3-4-17-10/h1-6H,7,16H2,(H,18,19)(H,20,21). The molecule has 0 unspecified atom stereocenters. The fraction of sp³-hybridized carbons (Fsp3) is 0.0714. The van der Waals surface area contributed by atoms with Crippen molar-refractivity contribution < 1.29 is 19.1 Å². The lowest BCUT2D eigenvalue weighted by atomic mass is 10.2. The number of aromatic nitrogens is 1. The number of halogens is 1. The van der Waals surface area contributed by atoms with E-state index in [-0.39, 0.29) is 23.4 Å². The zero-order valence-corrected chi connectivity index (χ0v) is 10.8. The minimum Gasteiger partial charge on any atom is -0.478 e. The van der Waals surface area contributed by atoms with Crippen LogP contribution in [0.5, 0.6) is 0 Å². The summed E-state index contributed by atoms with van der Waals surface area (Å²) in [6.45, 7) is 0.0337. The number of pyridine rings is 1. The molecule has 0 atom stereocenters. The maximum atomic E-state index is 13.3. The molecule has 1 heterocycles. The van der Waals surface area contributed by atoms with Crippen LogP contribution in [0.25, 0.3) is 0 Å². The molecule has 0 bridgehead atoms. The van der Waals surface area contributed by atoms with Crippen LogP contribution >= 0.6 is 0 Å². The lowest BCUT2D eigenvalue weighted by molar-refractivity contribution is 0.0696. The molecule has 0 radical (unpaired) electrons. The molecule has 6 nitrogen and oxygen atoms in total. The first-order chi connectivity index (χ1) is 9.97. The van der Waals surface area contributed by atoms with E-state index in [1.54, 1.807) is 0 Å². The van der Waals surface area contributed by atoms with Gasteiger partial charge in [0.1, 0.15) is 5.82 Å². The molecule has 7 heteroatoms. The molecule has 1 aromatic heterocycles. The molecule has 4 N–H and O–H groups in total. The van der Waals surface area contributed by atoms with Gasteiger partial charge in [-0.15, -0.1) is 0 Å². The largest absolute Gasteiger partial charge is 0.478 e. The summed E-state index contributed by atoms with van der Waals surface area (Å²) in [7, 11) is 0. The summed E-state index contributed by atoms with van der Waals surface area (Å²) in [6, 6.07) is 6.43. The van der Waals surface area contributed by atoms with Crippen molar-refractivity contribution in [3.63, 3.8) is 0 Å². The summed E-state index contributed by atoms with van der Waals surface area (Å²) in [5.41, 5.74) is 5.87. The van der Waals surface area contributed by atoms with Crippen LogP contribution in [-0.4, -0.2) is 22.0 Å². The number of nitrogen functional groups attached to an aromatic ring is 1. The number of amides is 1. The summed E-state index contributed by atoms with van der Waals surface area (Å²) in [4.78, 5) is 26.6. The fourth-order valence-corrected chi connectivity index (χ4v) is 1.65. The molecule has 21 heavy (non-hydrogen) atoms. The van der Waals surface area contributed by atoms with E-state index in [4.69, 9.17) is 10.8 Å². The van der Waals surface area contributed by atoms with Gasteiger partial charge in [0.05, 0.1) is 23.5 Å². The van der Waals surface area contributed by atoms with Crippen molar-refractivity contribution in [1.29, 1.82) is 0 Å². The molecule has 1 amide bonds. The highest BCUT2D eigenvalue weighted by Crippen LogP contribution is 2.12. The number of nitrogens with one attached hydrogen (secondary N) is 1. The first kappa shape index (κ1) is 14.4. The van der Waals surface area contributed by atoms with Crippen LogP contribution in [0.4, 0.5) is 10.1 Å². The number of nitrogens with zero attached hydrogens (tertiary/aromatic N) is 1. The van der Waals surface area contributed by atoms with Crippen LogP contribution in [0, 0.1) is 5.82 Å². The Morgan fingerprint density at radius 2 is 2.00 bits per heavy atom. The fourth-order valence-electron chi connectivity index (χ4n) is 1.65. The zero-order valence-electron chi connectivity index (χ0n) is 10.8. The predicted molar refractivity (Wildman–Crippen MR) is 73.2 cm³/mol. The van der Waals surface area contributed by atoms with Gasteiger partial charge >= 0.3 is 5.97 Å². The van der Waals surface area contributed by atoms with Gasteiger partial charge in [-0.05, 0) is 30.3 Å². The van der Waals surface area contributed by atoms with E-state index in [9.17, 15) is 14.0 Å². The summed E-state index contributed by atoms with van der Waals surface area (Å²) >= 11 is 0. The zero-order chi connectivity index (χ0) is 15.4. The Morgan fingerprint density at radius 1 is 1.24 bits per heavy atom. The second-order valence-electron chi connectivity index (χ2n) is 4.26. The number of nitrogens with two attached hydrogens (primary N) is 1. The predicted octanol–water partition coefficient (Wildman–Crippen LogP) is 1.43. The van der Waals surface area contributed by atoms with Gasteiger partial charge < -0.3 is 16.2 Å². The lowest BCUT2D eigenvalue weighted by Gasteiger charge is -2.06. The van der Waals surface area contributed by atoms with Crippen LogP contribution in [-0.2, 0) is 6.54 Å². The summed E-state index contributed by atoms with van der Waals surface area (Å²) in [5.74, 6) is -2.25. The van der Waals surface area contributed by atoms with Gasteiger partial charge in [0.25, 0.3) is 5.91 Å². The number of carboxylic acid groups (broad SMARTS) is 1. The molecule has 108 valence electrons. The van der Waals surface area contributed by atoms with Crippen LogP contribution < -0.4 is 11.1 Å². The van der Waals surface area contributed by atoms with Gasteiger partial charge in [-0.2, -0.15) is 0 Å². The average Bonchev–Trinajstić information content (AvgIpc) is 2.48. The third-order valence-corrected chi connectivity index (χ3v) is 2.76. The molecule has 2 aromatic rings. The normalized spacial score (nSPS) is 10.1. The van der Waals surface area contributed by atoms with E-state index in [0.29, 0.717) is 5.69 Å². The highest BCUT2D eigenvalue weighted by Gasteiger charge is 2.09. The number of carbonyl (C=O) groups excluding carboxylic acids is 1. The monoisotopic (exact) mass is 289 g/mol.